The highest BCUT2D eigenvalue weighted by molar-refractivity contribution is 5.79. The highest BCUT2D eigenvalue weighted by Crippen LogP contribution is 2.29. The molecule has 1 amide bonds. The third-order valence-corrected chi connectivity index (χ3v) is 3.82. The van der Waals surface area contributed by atoms with Gasteiger partial charge in [-0.1, -0.05) is 24.3 Å². The summed E-state index contributed by atoms with van der Waals surface area (Å²) in [5, 5.41) is 3.08. The van der Waals surface area contributed by atoms with E-state index in [1.165, 1.54) is 11.1 Å². The van der Waals surface area contributed by atoms with E-state index in [9.17, 15) is 9.59 Å². The average Bonchev–Trinajstić information content (AvgIpc) is 2.47. The number of nitrogens with zero attached hydrogens (tertiary/aromatic N) is 1. The Morgan fingerprint density at radius 1 is 1.32 bits per heavy atom. The zero-order valence-electron chi connectivity index (χ0n) is 13.3. The maximum atomic E-state index is 12.2. The van der Waals surface area contributed by atoms with E-state index in [4.69, 9.17) is 4.74 Å². The molecule has 0 heterocycles. The molecular formula is C17H24N2O3. The summed E-state index contributed by atoms with van der Waals surface area (Å²) in [5.41, 5.74) is 2.54. The summed E-state index contributed by atoms with van der Waals surface area (Å²) in [4.78, 5) is 25.2. The monoisotopic (exact) mass is 304 g/mol. The summed E-state index contributed by atoms with van der Waals surface area (Å²) >= 11 is 0. The number of likely N-dealkylation sites (N-methyl/N-ethyl adjacent to an activating group) is 1. The third kappa shape index (κ3) is 4.56. The Labute approximate surface area is 131 Å². The zero-order chi connectivity index (χ0) is 15.9. The lowest BCUT2D eigenvalue weighted by atomic mass is 9.88. The lowest BCUT2D eigenvalue weighted by Gasteiger charge is -2.27. The minimum Gasteiger partial charge on any atom is -0.465 e. The first-order valence-corrected chi connectivity index (χ1v) is 7.81. The van der Waals surface area contributed by atoms with Gasteiger partial charge < -0.3 is 10.1 Å². The summed E-state index contributed by atoms with van der Waals surface area (Å²) in [6, 6.07) is 8.34. The number of ether oxygens (including phenoxy) is 1. The first kappa shape index (κ1) is 16.5. The Bertz CT molecular complexity index is 530. The molecule has 1 aliphatic carbocycles. The van der Waals surface area contributed by atoms with Crippen molar-refractivity contribution < 1.29 is 14.3 Å². The van der Waals surface area contributed by atoms with Crippen molar-refractivity contribution in [3.8, 4) is 0 Å². The van der Waals surface area contributed by atoms with E-state index in [0.29, 0.717) is 6.61 Å². The molecule has 0 aromatic heterocycles. The van der Waals surface area contributed by atoms with Gasteiger partial charge in [-0.2, -0.15) is 0 Å². The molecule has 2 rings (SSSR count). The van der Waals surface area contributed by atoms with Crippen LogP contribution in [-0.4, -0.2) is 43.5 Å². The number of fused-ring (bicyclic) bond motifs is 1. The summed E-state index contributed by atoms with van der Waals surface area (Å²) in [5.74, 6) is -0.366. The molecule has 0 spiro atoms. The van der Waals surface area contributed by atoms with Gasteiger partial charge in [0.15, 0.2) is 0 Å². The Hall–Kier alpha value is -1.88. The molecule has 120 valence electrons. The van der Waals surface area contributed by atoms with Gasteiger partial charge in [-0.25, -0.2) is 0 Å². The van der Waals surface area contributed by atoms with Crippen LogP contribution in [0.2, 0.25) is 0 Å². The molecule has 5 nitrogen and oxygen atoms in total. The van der Waals surface area contributed by atoms with Crippen molar-refractivity contribution >= 4 is 11.9 Å². The largest absolute Gasteiger partial charge is 0.465 e. The Morgan fingerprint density at radius 3 is 2.86 bits per heavy atom. The van der Waals surface area contributed by atoms with Gasteiger partial charge in [0.1, 0.15) is 0 Å². The minimum atomic E-state index is -0.305. The third-order valence-electron chi connectivity index (χ3n) is 3.82. The predicted octanol–water partition coefficient (Wildman–Crippen LogP) is 1.68. The molecule has 1 N–H and O–H groups in total. The zero-order valence-corrected chi connectivity index (χ0v) is 13.3. The second-order valence-electron chi connectivity index (χ2n) is 5.69. The number of benzene rings is 1. The summed E-state index contributed by atoms with van der Waals surface area (Å²) in [6.07, 6.45) is 3.12. The number of carbonyl (C=O) groups excluding carboxylic acids is 2. The van der Waals surface area contributed by atoms with Crippen LogP contribution < -0.4 is 5.32 Å². The second kappa shape index (κ2) is 7.94. The van der Waals surface area contributed by atoms with Gasteiger partial charge >= 0.3 is 5.97 Å². The first-order valence-electron chi connectivity index (χ1n) is 7.81. The van der Waals surface area contributed by atoms with Crippen LogP contribution >= 0.6 is 0 Å². The molecule has 5 heteroatoms. The molecule has 1 aromatic rings. The lowest BCUT2D eigenvalue weighted by Crippen LogP contribution is -2.40. The van der Waals surface area contributed by atoms with Crippen molar-refractivity contribution in [3.05, 3.63) is 35.4 Å². The fourth-order valence-corrected chi connectivity index (χ4v) is 2.87. The first-order chi connectivity index (χ1) is 10.6. The number of hydrogen-bond acceptors (Lipinski definition) is 4. The normalized spacial score (nSPS) is 17.0. The van der Waals surface area contributed by atoms with Gasteiger partial charge in [-0.3, -0.25) is 14.5 Å². The van der Waals surface area contributed by atoms with E-state index in [1.807, 2.05) is 12.1 Å². The summed E-state index contributed by atoms with van der Waals surface area (Å²) in [7, 11) is 1.74. The highest BCUT2D eigenvalue weighted by Gasteiger charge is 2.22. The topological polar surface area (TPSA) is 58.6 Å². The van der Waals surface area contributed by atoms with Crippen LogP contribution in [0.1, 0.15) is 36.9 Å². The molecule has 0 bridgehead atoms. The van der Waals surface area contributed by atoms with Crippen LogP contribution in [0.4, 0.5) is 0 Å². The molecule has 1 aliphatic rings. The van der Waals surface area contributed by atoms with Gasteiger partial charge in [-0.15, -0.1) is 0 Å². The van der Waals surface area contributed by atoms with Crippen molar-refractivity contribution in [2.24, 2.45) is 0 Å². The van der Waals surface area contributed by atoms with E-state index >= 15 is 0 Å². The SMILES string of the molecule is CCOC(=O)CN(C)CC(=O)N[C@H]1CCCc2ccccc21. The molecule has 1 atom stereocenters. The molecule has 22 heavy (non-hydrogen) atoms. The maximum Gasteiger partial charge on any atom is 0.320 e. The molecule has 0 radical (unpaired) electrons. The van der Waals surface area contributed by atoms with E-state index in [1.54, 1.807) is 18.9 Å². The number of nitrogens with one attached hydrogen (secondary N) is 1. The van der Waals surface area contributed by atoms with Crippen molar-refractivity contribution in [3.63, 3.8) is 0 Å². The van der Waals surface area contributed by atoms with E-state index < -0.39 is 0 Å². The number of aryl methyl sites for hydroxylation is 1. The Balaban J connectivity index is 1.86. The van der Waals surface area contributed by atoms with Crippen LogP contribution in [0.5, 0.6) is 0 Å². The maximum absolute atomic E-state index is 12.2. The van der Waals surface area contributed by atoms with Crippen molar-refractivity contribution in [1.82, 2.24) is 10.2 Å². The van der Waals surface area contributed by atoms with Crippen LogP contribution in [0.3, 0.4) is 0 Å². The average molecular weight is 304 g/mol. The molecule has 0 saturated heterocycles. The molecule has 0 unspecified atom stereocenters. The number of hydrogen-bond donors (Lipinski definition) is 1. The van der Waals surface area contributed by atoms with Crippen LogP contribution in [0.25, 0.3) is 0 Å². The van der Waals surface area contributed by atoms with Gasteiger partial charge in [-0.05, 0) is 44.4 Å². The Morgan fingerprint density at radius 2 is 2.09 bits per heavy atom. The van der Waals surface area contributed by atoms with Crippen molar-refractivity contribution in [2.45, 2.75) is 32.2 Å². The quantitative estimate of drug-likeness (QED) is 0.812. The second-order valence-corrected chi connectivity index (χ2v) is 5.69. The van der Waals surface area contributed by atoms with Gasteiger partial charge in [0.05, 0.1) is 25.7 Å². The highest BCUT2D eigenvalue weighted by atomic mass is 16.5. The van der Waals surface area contributed by atoms with Crippen LogP contribution in [0, 0.1) is 0 Å². The smallest absolute Gasteiger partial charge is 0.320 e. The number of rotatable bonds is 6. The van der Waals surface area contributed by atoms with Gasteiger partial charge in [0, 0.05) is 0 Å². The van der Waals surface area contributed by atoms with Crippen LogP contribution in [-0.2, 0) is 20.7 Å². The summed E-state index contributed by atoms with van der Waals surface area (Å²) in [6.45, 7) is 2.45. The summed E-state index contributed by atoms with van der Waals surface area (Å²) < 4.78 is 4.88. The number of amides is 1. The molecule has 0 aliphatic heterocycles. The molecule has 0 saturated carbocycles. The van der Waals surface area contributed by atoms with Gasteiger partial charge in [0.25, 0.3) is 0 Å². The fourth-order valence-electron chi connectivity index (χ4n) is 2.87. The number of carbonyl (C=O) groups is 2. The van der Waals surface area contributed by atoms with E-state index in [2.05, 4.69) is 17.4 Å². The minimum absolute atomic E-state index is 0.0616. The number of esters is 1. The standard InChI is InChI=1S/C17H24N2O3/c1-3-22-17(21)12-19(2)11-16(20)18-15-10-6-8-13-7-4-5-9-14(13)15/h4-5,7,9,15H,3,6,8,10-12H2,1-2H3,(H,18,20)/t15-/m0/s1. The Kier molecular flexibility index (Phi) is 5.95. The molecular weight excluding hydrogens is 280 g/mol. The van der Waals surface area contributed by atoms with E-state index in [-0.39, 0.29) is 31.0 Å². The predicted molar refractivity (Wildman–Crippen MR) is 84.4 cm³/mol. The lowest BCUT2D eigenvalue weighted by molar-refractivity contribution is -0.144. The molecule has 0 fully saturated rings. The fraction of sp³-hybridized carbons (Fsp3) is 0.529. The van der Waals surface area contributed by atoms with E-state index in [0.717, 1.165) is 19.3 Å². The van der Waals surface area contributed by atoms with Gasteiger partial charge in [0.2, 0.25) is 5.91 Å². The van der Waals surface area contributed by atoms with Crippen molar-refractivity contribution in [2.75, 3.05) is 26.7 Å². The molecule has 1 aromatic carbocycles. The van der Waals surface area contributed by atoms with Crippen LogP contribution in [0.15, 0.2) is 24.3 Å². The van der Waals surface area contributed by atoms with Crippen molar-refractivity contribution in [1.29, 1.82) is 0 Å².